The van der Waals surface area contributed by atoms with E-state index in [-0.39, 0.29) is 46.6 Å². The van der Waals surface area contributed by atoms with E-state index in [2.05, 4.69) is 45.1 Å². The van der Waals surface area contributed by atoms with Crippen LogP contribution in [-0.4, -0.2) is 29.0 Å². The third-order valence-electron chi connectivity index (χ3n) is 9.61. The van der Waals surface area contributed by atoms with E-state index in [1.807, 2.05) is 18.2 Å². The van der Waals surface area contributed by atoms with E-state index in [1.165, 1.54) is 5.56 Å². The van der Waals surface area contributed by atoms with Crippen molar-refractivity contribution >= 4 is 12.0 Å². The molecule has 0 radical (unpaired) electrons. The minimum Gasteiger partial charge on any atom is -0.443 e. The number of hydrogen-bond acceptors (Lipinski definition) is 3. The molecule has 5 aliphatic rings. The van der Waals surface area contributed by atoms with Crippen LogP contribution < -0.4 is 0 Å². The highest BCUT2D eigenvalue weighted by molar-refractivity contribution is 5.96. The molecule has 1 heterocycles. The van der Waals surface area contributed by atoms with Gasteiger partial charge in [0.25, 0.3) is 0 Å². The molecule has 4 fully saturated rings. The lowest BCUT2D eigenvalue weighted by Gasteiger charge is -2.36. The van der Waals surface area contributed by atoms with Crippen LogP contribution in [0.25, 0.3) is 0 Å². The summed E-state index contributed by atoms with van der Waals surface area (Å²) in [7, 11) is 0. The van der Waals surface area contributed by atoms with E-state index in [0.29, 0.717) is 11.8 Å². The molecule has 2 amide bonds. The van der Waals surface area contributed by atoms with E-state index < -0.39 is 6.09 Å². The summed E-state index contributed by atoms with van der Waals surface area (Å²) in [6.07, 6.45) is 7.08. The van der Waals surface area contributed by atoms with Crippen molar-refractivity contribution in [2.24, 2.45) is 34.5 Å². The van der Waals surface area contributed by atoms with Crippen molar-refractivity contribution in [1.29, 1.82) is 0 Å². The van der Waals surface area contributed by atoms with Crippen LogP contribution in [0.5, 0.6) is 0 Å². The van der Waals surface area contributed by atoms with E-state index in [0.717, 1.165) is 19.3 Å². The number of benzene rings is 1. The second kappa shape index (κ2) is 5.53. The Morgan fingerprint density at radius 2 is 1.83 bits per heavy atom. The lowest BCUT2D eigenvalue weighted by Crippen LogP contribution is -2.49. The molecule has 6 rings (SSSR count). The van der Waals surface area contributed by atoms with Gasteiger partial charge >= 0.3 is 6.09 Å². The zero-order valence-corrected chi connectivity index (χ0v) is 17.4. The molecular formula is C25H29NO3. The van der Waals surface area contributed by atoms with Gasteiger partial charge in [0.2, 0.25) is 5.91 Å². The van der Waals surface area contributed by atoms with E-state index in [1.54, 1.807) is 4.90 Å². The zero-order chi connectivity index (χ0) is 20.1. The third-order valence-corrected chi connectivity index (χ3v) is 9.61. The number of carbonyl (C=O) groups excluding carboxylic acids is 2. The van der Waals surface area contributed by atoms with Crippen LogP contribution in [0.1, 0.15) is 51.5 Å². The van der Waals surface area contributed by atoms with Gasteiger partial charge in [-0.1, -0.05) is 63.3 Å². The van der Waals surface area contributed by atoms with Gasteiger partial charge in [0.1, 0.15) is 6.10 Å². The standard InChI is InChI=1S/C25H29NO3/c1-24(2)17-11-12-25(24,3)21-20(17)26(23(28)29-21)22(27)19-16-10-9-15(13-16)18(19)14-7-5-4-6-8-14/h4-10,15-21H,11-13H2,1-3H3/t15-,16+,17-,18+,19+,20+,21+,25+/m0/s1. The van der Waals surface area contributed by atoms with Crippen LogP contribution >= 0.6 is 0 Å². The molecule has 4 heteroatoms. The van der Waals surface area contributed by atoms with Crippen molar-refractivity contribution < 1.29 is 14.3 Å². The Labute approximate surface area is 172 Å². The number of ether oxygens (including phenoxy) is 1. The van der Waals surface area contributed by atoms with Gasteiger partial charge < -0.3 is 4.74 Å². The Hall–Kier alpha value is -2.10. The summed E-state index contributed by atoms with van der Waals surface area (Å²) in [5.41, 5.74) is 1.25. The molecule has 0 N–H and O–H groups in total. The number of carbonyl (C=O) groups is 2. The molecule has 4 aliphatic carbocycles. The fourth-order valence-electron chi connectivity index (χ4n) is 7.74. The number of rotatable bonds is 2. The molecule has 4 nitrogen and oxygen atoms in total. The molecule has 1 aromatic carbocycles. The Kier molecular flexibility index (Phi) is 3.38. The van der Waals surface area contributed by atoms with Gasteiger partial charge in [0.15, 0.2) is 0 Å². The monoisotopic (exact) mass is 391 g/mol. The largest absolute Gasteiger partial charge is 0.443 e. The summed E-state index contributed by atoms with van der Waals surface area (Å²) in [5, 5.41) is 0. The predicted molar refractivity (Wildman–Crippen MR) is 109 cm³/mol. The normalized spacial score (nSPS) is 45.7. The van der Waals surface area contributed by atoms with E-state index in [4.69, 9.17) is 4.74 Å². The predicted octanol–water partition coefficient (Wildman–Crippen LogP) is 4.76. The first kappa shape index (κ1) is 17.7. The molecule has 1 aromatic rings. The number of amides is 2. The number of imide groups is 1. The molecule has 0 spiro atoms. The maximum Gasteiger partial charge on any atom is 0.417 e. The van der Waals surface area contributed by atoms with Gasteiger partial charge in [-0.15, -0.1) is 0 Å². The smallest absolute Gasteiger partial charge is 0.417 e. The molecular weight excluding hydrogens is 362 g/mol. The first-order chi connectivity index (χ1) is 13.8. The number of fused-ring (bicyclic) bond motifs is 7. The third kappa shape index (κ3) is 2.00. The molecule has 1 aliphatic heterocycles. The summed E-state index contributed by atoms with van der Waals surface area (Å²) in [6, 6.07) is 10.3. The van der Waals surface area contributed by atoms with Crippen molar-refractivity contribution in [2.45, 2.75) is 58.1 Å². The fourth-order valence-corrected chi connectivity index (χ4v) is 7.74. The van der Waals surface area contributed by atoms with E-state index >= 15 is 0 Å². The quantitative estimate of drug-likeness (QED) is 0.683. The minimum atomic E-state index is -0.405. The van der Waals surface area contributed by atoms with Gasteiger partial charge in [-0.25, -0.2) is 9.69 Å². The van der Waals surface area contributed by atoms with Gasteiger partial charge in [-0.05, 0) is 48.0 Å². The van der Waals surface area contributed by atoms with Gasteiger partial charge in [-0.3, -0.25) is 4.79 Å². The van der Waals surface area contributed by atoms with Crippen molar-refractivity contribution in [3.63, 3.8) is 0 Å². The maximum atomic E-state index is 14.0. The minimum absolute atomic E-state index is 0.000142. The van der Waals surface area contributed by atoms with Crippen LogP contribution in [-0.2, 0) is 9.53 Å². The maximum absolute atomic E-state index is 14.0. The summed E-state index contributed by atoms with van der Waals surface area (Å²) in [4.78, 5) is 28.5. The number of nitrogens with zero attached hydrogens (tertiary/aromatic N) is 1. The highest BCUT2D eigenvalue weighted by Gasteiger charge is 2.73. The lowest BCUT2D eigenvalue weighted by molar-refractivity contribution is -0.135. The topological polar surface area (TPSA) is 46.6 Å². The molecule has 0 aromatic heterocycles. The number of allylic oxidation sites excluding steroid dienone is 2. The SMILES string of the molecule is CC1(C)[C@H]2CC[C@]1(C)[C@@H]1OC(=O)N(C(=O)[C@H]3[C@H](c4ccccc4)[C@H]4C=C[C@@H]3C4)[C@@H]12. The lowest BCUT2D eigenvalue weighted by atomic mass is 9.70. The van der Waals surface area contributed by atoms with Crippen LogP contribution in [0.3, 0.4) is 0 Å². The molecule has 4 bridgehead atoms. The van der Waals surface area contributed by atoms with Crippen LogP contribution in [0.2, 0.25) is 0 Å². The van der Waals surface area contributed by atoms with Crippen LogP contribution in [0.15, 0.2) is 42.5 Å². The zero-order valence-electron chi connectivity index (χ0n) is 17.4. The fraction of sp³-hybridized carbons (Fsp3) is 0.600. The Morgan fingerprint density at radius 1 is 1.10 bits per heavy atom. The first-order valence-corrected chi connectivity index (χ1v) is 11.1. The van der Waals surface area contributed by atoms with Gasteiger partial charge in [0.05, 0.1) is 12.0 Å². The van der Waals surface area contributed by atoms with Crippen LogP contribution in [0, 0.1) is 34.5 Å². The molecule has 152 valence electrons. The summed E-state index contributed by atoms with van der Waals surface area (Å²) >= 11 is 0. The molecule has 0 unspecified atom stereocenters. The second-order valence-corrected chi connectivity index (χ2v) is 10.7. The molecule has 3 saturated carbocycles. The number of hydrogen-bond donors (Lipinski definition) is 0. The molecule has 1 saturated heterocycles. The van der Waals surface area contributed by atoms with Crippen molar-refractivity contribution in [2.75, 3.05) is 0 Å². The highest BCUT2D eigenvalue weighted by Crippen LogP contribution is 2.69. The highest BCUT2D eigenvalue weighted by atomic mass is 16.6. The summed E-state index contributed by atoms with van der Waals surface area (Å²) in [6.45, 7) is 6.85. The van der Waals surface area contributed by atoms with Crippen LogP contribution in [0.4, 0.5) is 4.79 Å². The van der Waals surface area contributed by atoms with Crippen molar-refractivity contribution in [3.8, 4) is 0 Å². The summed E-state index contributed by atoms with van der Waals surface area (Å²) in [5.74, 6) is 0.949. The Morgan fingerprint density at radius 3 is 2.59 bits per heavy atom. The van der Waals surface area contributed by atoms with E-state index in [9.17, 15) is 9.59 Å². The summed E-state index contributed by atoms with van der Waals surface area (Å²) < 4.78 is 5.92. The Bertz CT molecular complexity index is 921. The second-order valence-electron chi connectivity index (χ2n) is 10.7. The van der Waals surface area contributed by atoms with Gasteiger partial charge in [-0.2, -0.15) is 0 Å². The Balaban J connectivity index is 1.38. The average molecular weight is 392 g/mol. The van der Waals surface area contributed by atoms with Gasteiger partial charge in [0, 0.05) is 11.3 Å². The average Bonchev–Trinajstić information content (AvgIpc) is 3.46. The molecule has 8 atom stereocenters. The van der Waals surface area contributed by atoms with Crippen molar-refractivity contribution in [1.82, 2.24) is 4.90 Å². The van der Waals surface area contributed by atoms with Crippen molar-refractivity contribution in [3.05, 3.63) is 48.0 Å². The first-order valence-electron chi connectivity index (χ1n) is 11.1. The molecule has 29 heavy (non-hydrogen) atoms.